The largest absolute Gasteiger partial charge is 0.376 e. The molecule has 0 saturated carbocycles. The number of halogens is 1. The third-order valence-corrected chi connectivity index (χ3v) is 2.19. The summed E-state index contributed by atoms with van der Waals surface area (Å²) in [7, 11) is 0. The van der Waals surface area contributed by atoms with Crippen molar-refractivity contribution in [3.05, 3.63) is 45.0 Å². The van der Waals surface area contributed by atoms with E-state index in [4.69, 9.17) is 11.6 Å². The summed E-state index contributed by atoms with van der Waals surface area (Å²) in [5.74, 6) is 0. The van der Waals surface area contributed by atoms with Gasteiger partial charge in [-0.1, -0.05) is 23.3 Å². The van der Waals surface area contributed by atoms with Gasteiger partial charge in [-0.15, -0.1) is 0 Å². The molecule has 0 aliphatic rings. The smallest absolute Gasteiger partial charge is 0.293 e. The van der Waals surface area contributed by atoms with Gasteiger partial charge in [0.15, 0.2) is 0 Å². The molecule has 0 bridgehead atoms. The summed E-state index contributed by atoms with van der Waals surface area (Å²) in [5, 5.41) is 14.1. The van der Waals surface area contributed by atoms with Gasteiger partial charge in [0.1, 0.15) is 5.69 Å². The second kappa shape index (κ2) is 5.51. The molecule has 0 fully saturated rings. The number of rotatable bonds is 4. The minimum atomic E-state index is -0.448. The molecule has 0 unspecified atom stereocenters. The van der Waals surface area contributed by atoms with E-state index >= 15 is 0 Å². The van der Waals surface area contributed by atoms with Gasteiger partial charge >= 0.3 is 0 Å². The number of nitrogens with one attached hydrogen (secondary N) is 1. The Bertz CT molecular complexity index is 426. The molecule has 1 N–H and O–H groups in total. The molecule has 0 aliphatic heterocycles. The molecule has 0 atom stereocenters. The molecule has 0 radical (unpaired) electrons. The van der Waals surface area contributed by atoms with E-state index in [1.54, 1.807) is 12.1 Å². The highest BCUT2D eigenvalue weighted by atomic mass is 35.5. The number of hydrogen-bond donors (Lipinski definition) is 1. The third kappa shape index (κ3) is 3.55. The van der Waals surface area contributed by atoms with E-state index in [1.165, 1.54) is 6.07 Å². The van der Waals surface area contributed by atoms with Crippen LogP contribution in [0.5, 0.6) is 0 Å². The van der Waals surface area contributed by atoms with Crippen molar-refractivity contribution >= 4 is 23.0 Å². The van der Waals surface area contributed by atoms with Crippen molar-refractivity contribution in [2.24, 2.45) is 0 Å². The number of benzene rings is 1. The predicted molar refractivity (Wildman–Crippen MR) is 66.0 cm³/mol. The monoisotopic (exact) mass is 240 g/mol. The topological polar surface area (TPSA) is 55.2 Å². The number of allylic oxidation sites excluding steroid dienone is 1. The lowest BCUT2D eigenvalue weighted by Gasteiger charge is -2.05. The Labute approximate surface area is 99.1 Å². The van der Waals surface area contributed by atoms with Crippen LogP contribution in [0.4, 0.5) is 11.4 Å². The summed E-state index contributed by atoms with van der Waals surface area (Å²) in [5.41, 5.74) is 1.63. The Balaban J connectivity index is 2.87. The Morgan fingerprint density at radius 3 is 2.81 bits per heavy atom. The zero-order valence-corrected chi connectivity index (χ0v) is 9.91. The second-order valence-electron chi connectivity index (χ2n) is 3.58. The van der Waals surface area contributed by atoms with E-state index < -0.39 is 4.92 Å². The zero-order valence-electron chi connectivity index (χ0n) is 9.16. The molecule has 0 saturated heterocycles. The van der Waals surface area contributed by atoms with Crippen LogP contribution in [0.15, 0.2) is 29.8 Å². The quantitative estimate of drug-likeness (QED) is 0.497. The summed E-state index contributed by atoms with van der Waals surface area (Å²) < 4.78 is 0. The fourth-order valence-corrected chi connectivity index (χ4v) is 1.34. The van der Waals surface area contributed by atoms with Crippen molar-refractivity contribution in [2.45, 2.75) is 13.8 Å². The highest BCUT2D eigenvalue weighted by Gasteiger charge is 2.13. The van der Waals surface area contributed by atoms with Crippen molar-refractivity contribution in [1.82, 2.24) is 0 Å². The Kier molecular flexibility index (Phi) is 4.31. The van der Waals surface area contributed by atoms with Crippen LogP contribution in [0.2, 0.25) is 5.02 Å². The minimum absolute atomic E-state index is 0.00495. The van der Waals surface area contributed by atoms with Crippen LogP contribution in [0.3, 0.4) is 0 Å². The molecule has 4 nitrogen and oxygen atoms in total. The third-order valence-electron chi connectivity index (χ3n) is 1.96. The van der Waals surface area contributed by atoms with Crippen LogP contribution in [0.1, 0.15) is 13.8 Å². The standard InChI is InChI=1S/C11H13ClN2O2/c1-8(2)5-6-13-10-4-3-9(12)7-11(10)14(15)16/h3-5,7,13H,6H2,1-2H3. The van der Waals surface area contributed by atoms with Gasteiger partial charge in [0.2, 0.25) is 0 Å². The Hall–Kier alpha value is -1.55. The molecule has 16 heavy (non-hydrogen) atoms. The molecule has 86 valence electrons. The maximum atomic E-state index is 10.8. The van der Waals surface area contributed by atoms with Crippen LogP contribution in [-0.4, -0.2) is 11.5 Å². The van der Waals surface area contributed by atoms with E-state index in [0.717, 1.165) is 5.57 Å². The van der Waals surface area contributed by atoms with Crippen molar-refractivity contribution in [3.8, 4) is 0 Å². The zero-order chi connectivity index (χ0) is 12.1. The maximum Gasteiger partial charge on any atom is 0.293 e. The second-order valence-corrected chi connectivity index (χ2v) is 4.02. The van der Waals surface area contributed by atoms with Crippen molar-refractivity contribution in [2.75, 3.05) is 11.9 Å². The van der Waals surface area contributed by atoms with Gasteiger partial charge in [0.25, 0.3) is 5.69 Å². The molecule has 1 aromatic rings. The Morgan fingerprint density at radius 2 is 2.25 bits per heavy atom. The highest BCUT2D eigenvalue weighted by Crippen LogP contribution is 2.27. The van der Waals surface area contributed by atoms with E-state index in [1.807, 2.05) is 19.9 Å². The first-order chi connectivity index (χ1) is 7.50. The molecule has 0 aromatic heterocycles. The van der Waals surface area contributed by atoms with E-state index in [-0.39, 0.29) is 5.69 Å². The molecular formula is C11H13ClN2O2. The van der Waals surface area contributed by atoms with Crippen LogP contribution >= 0.6 is 11.6 Å². The molecule has 5 heteroatoms. The van der Waals surface area contributed by atoms with E-state index in [0.29, 0.717) is 17.3 Å². The minimum Gasteiger partial charge on any atom is -0.376 e. The first-order valence-electron chi connectivity index (χ1n) is 4.82. The lowest BCUT2D eigenvalue weighted by Crippen LogP contribution is -2.02. The molecule has 1 rings (SSSR count). The van der Waals surface area contributed by atoms with E-state index in [2.05, 4.69) is 5.32 Å². The predicted octanol–water partition coefficient (Wildman–Crippen LogP) is 3.63. The maximum absolute atomic E-state index is 10.8. The number of nitro benzene ring substituents is 1. The van der Waals surface area contributed by atoms with Gasteiger partial charge in [-0.05, 0) is 26.0 Å². The lowest BCUT2D eigenvalue weighted by atomic mass is 10.2. The van der Waals surface area contributed by atoms with Crippen LogP contribution in [0.25, 0.3) is 0 Å². The van der Waals surface area contributed by atoms with Crippen LogP contribution < -0.4 is 5.32 Å². The summed E-state index contributed by atoms with van der Waals surface area (Å²) in [6.45, 7) is 4.50. The average molecular weight is 241 g/mol. The van der Waals surface area contributed by atoms with Gasteiger partial charge in [-0.3, -0.25) is 10.1 Å². The van der Waals surface area contributed by atoms with Crippen molar-refractivity contribution in [1.29, 1.82) is 0 Å². The summed E-state index contributed by atoms with van der Waals surface area (Å²) >= 11 is 5.70. The molecule has 0 amide bonds. The van der Waals surface area contributed by atoms with E-state index in [9.17, 15) is 10.1 Å². The highest BCUT2D eigenvalue weighted by molar-refractivity contribution is 6.30. The summed E-state index contributed by atoms with van der Waals surface area (Å²) in [6, 6.07) is 4.57. The molecule has 0 spiro atoms. The Morgan fingerprint density at radius 1 is 1.56 bits per heavy atom. The lowest BCUT2D eigenvalue weighted by molar-refractivity contribution is -0.383. The summed E-state index contributed by atoms with van der Waals surface area (Å²) in [4.78, 5) is 10.3. The normalized spacial score (nSPS) is 9.69. The van der Waals surface area contributed by atoms with Gasteiger partial charge in [-0.25, -0.2) is 0 Å². The molecule has 0 aliphatic carbocycles. The van der Waals surface area contributed by atoms with Gasteiger partial charge in [0.05, 0.1) is 4.92 Å². The first kappa shape index (κ1) is 12.5. The molecule has 0 heterocycles. The SMILES string of the molecule is CC(C)=CCNc1ccc(Cl)cc1[N+](=O)[O-]. The van der Waals surface area contributed by atoms with Crippen molar-refractivity contribution in [3.63, 3.8) is 0 Å². The van der Waals surface area contributed by atoms with Gasteiger partial charge in [0, 0.05) is 17.6 Å². The summed E-state index contributed by atoms with van der Waals surface area (Å²) in [6.07, 6.45) is 1.96. The van der Waals surface area contributed by atoms with Crippen molar-refractivity contribution < 1.29 is 4.92 Å². The molecular weight excluding hydrogens is 228 g/mol. The average Bonchev–Trinajstić information content (AvgIpc) is 2.19. The fraction of sp³-hybridized carbons (Fsp3) is 0.273. The van der Waals surface area contributed by atoms with Gasteiger partial charge in [-0.2, -0.15) is 0 Å². The number of anilines is 1. The molecule has 1 aromatic carbocycles. The number of nitrogens with zero attached hydrogens (tertiary/aromatic N) is 1. The van der Waals surface area contributed by atoms with Crippen LogP contribution in [0, 0.1) is 10.1 Å². The van der Waals surface area contributed by atoms with Gasteiger partial charge < -0.3 is 5.32 Å². The first-order valence-corrected chi connectivity index (χ1v) is 5.19. The van der Waals surface area contributed by atoms with Crippen LogP contribution in [-0.2, 0) is 0 Å². The number of nitro groups is 1. The number of hydrogen-bond acceptors (Lipinski definition) is 3. The fourth-order valence-electron chi connectivity index (χ4n) is 1.17.